The molecule has 0 atom stereocenters. The van der Waals surface area contributed by atoms with Crippen LogP contribution in [-0.4, -0.2) is 5.97 Å². The van der Waals surface area contributed by atoms with Gasteiger partial charge >= 0.3 is 0 Å². The lowest BCUT2D eigenvalue weighted by Gasteiger charge is -2.04. The molecule has 2 heteroatoms. The van der Waals surface area contributed by atoms with Crippen LogP contribution in [0.4, 0.5) is 0 Å². The molecule has 0 aromatic heterocycles. The lowest BCUT2D eigenvalue weighted by molar-refractivity contribution is -0.305. The van der Waals surface area contributed by atoms with Crippen molar-refractivity contribution >= 4 is 5.97 Å². The minimum absolute atomic E-state index is 0.235. The van der Waals surface area contributed by atoms with Gasteiger partial charge in [0.25, 0.3) is 0 Å². The first kappa shape index (κ1) is 29.5. The molecular formula is C28H55O2-. The standard InChI is InChI=1S/C28H56O2/c1-2-3-4-5-6-7-8-9-10-11-12-13-14-15-16-17-18-19-20-21-22-23-24-25-26-27-28(29)30/h2-27H2,1H3,(H,29,30)/p-1. The molecule has 0 aliphatic heterocycles. The Morgan fingerprint density at radius 1 is 0.400 bits per heavy atom. The highest BCUT2D eigenvalue weighted by Gasteiger charge is 1.96. The van der Waals surface area contributed by atoms with E-state index >= 15 is 0 Å². The van der Waals surface area contributed by atoms with Crippen molar-refractivity contribution in [2.45, 2.75) is 174 Å². The van der Waals surface area contributed by atoms with Crippen LogP contribution in [0.3, 0.4) is 0 Å². The van der Waals surface area contributed by atoms with E-state index in [1.807, 2.05) is 0 Å². The van der Waals surface area contributed by atoms with Crippen molar-refractivity contribution in [1.29, 1.82) is 0 Å². The Hall–Kier alpha value is -0.530. The van der Waals surface area contributed by atoms with E-state index < -0.39 is 5.97 Å². The smallest absolute Gasteiger partial charge is 0.0414 e. The lowest BCUT2D eigenvalue weighted by atomic mass is 10.0. The largest absolute Gasteiger partial charge is 0.550 e. The summed E-state index contributed by atoms with van der Waals surface area (Å²) in [5, 5.41) is 10.3. The summed E-state index contributed by atoms with van der Waals surface area (Å²) in [4.78, 5) is 10.3. The zero-order valence-electron chi connectivity index (χ0n) is 20.7. The van der Waals surface area contributed by atoms with Crippen LogP contribution in [0.15, 0.2) is 0 Å². The van der Waals surface area contributed by atoms with Crippen LogP contribution in [0.2, 0.25) is 0 Å². The molecule has 0 radical (unpaired) electrons. The molecule has 180 valence electrons. The second kappa shape index (κ2) is 26.5. The summed E-state index contributed by atoms with van der Waals surface area (Å²) < 4.78 is 0. The van der Waals surface area contributed by atoms with Gasteiger partial charge in [0.05, 0.1) is 0 Å². The van der Waals surface area contributed by atoms with Gasteiger partial charge in [0.1, 0.15) is 0 Å². The Labute approximate surface area is 190 Å². The molecule has 0 unspecified atom stereocenters. The highest BCUT2D eigenvalue weighted by Crippen LogP contribution is 2.15. The Morgan fingerprint density at radius 2 is 0.600 bits per heavy atom. The van der Waals surface area contributed by atoms with Crippen molar-refractivity contribution in [3.8, 4) is 0 Å². The minimum atomic E-state index is -0.899. The van der Waals surface area contributed by atoms with E-state index in [2.05, 4.69) is 6.92 Å². The third-order valence-corrected chi connectivity index (χ3v) is 6.48. The maximum Gasteiger partial charge on any atom is 0.0414 e. The van der Waals surface area contributed by atoms with Crippen LogP contribution in [0.1, 0.15) is 174 Å². The number of carbonyl (C=O) groups is 1. The lowest BCUT2D eigenvalue weighted by Crippen LogP contribution is -2.21. The quantitative estimate of drug-likeness (QED) is 0.130. The topological polar surface area (TPSA) is 40.1 Å². The van der Waals surface area contributed by atoms with E-state index in [1.54, 1.807) is 0 Å². The molecule has 0 aliphatic carbocycles. The number of hydrogen-bond acceptors (Lipinski definition) is 2. The van der Waals surface area contributed by atoms with Gasteiger partial charge in [0.15, 0.2) is 0 Å². The van der Waals surface area contributed by atoms with Crippen LogP contribution in [0.25, 0.3) is 0 Å². The van der Waals surface area contributed by atoms with Gasteiger partial charge in [0.2, 0.25) is 0 Å². The maximum absolute atomic E-state index is 10.3. The fraction of sp³-hybridized carbons (Fsp3) is 0.964. The molecule has 0 bridgehead atoms. The number of carbonyl (C=O) groups excluding carboxylic acids is 1. The number of aliphatic carboxylic acids is 1. The van der Waals surface area contributed by atoms with Crippen LogP contribution < -0.4 is 5.11 Å². The van der Waals surface area contributed by atoms with Gasteiger partial charge in [-0.2, -0.15) is 0 Å². The first-order valence-electron chi connectivity index (χ1n) is 14.0. The molecule has 0 amide bonds. The number of hydrogen-bond donors (Lipinski definition) is 0. The SMILES string of the molecule is CCCCCCCCCCCCCCCCCCCCCCCCCCCC(=O)[O-]. The van der Waals surface area contributed by atoms with Gasteiger partial charge in [-0.1, -0.05) is 161 Å². The van der Waals surface area contributed by atoms with Crippen molar-refractivity contribution in [2.75, 3.05) is 0 Å². The van der Waals surface area contributed by atoms with Gasteiger partial charge in [0, 0.05) is 5.97 Å². The van der Waals surface area contributed by atoms with E-state index in [9.17, 15) is 9.90 Å². The molecule has 2 nitrogen and oxygen atoms in total. The zero-order valence-corrected chi connectivity index (χ0v) is 20.7. The van der Waals surface area contributed by atoms with Crippen LogP contribution in [-0.2, 0) is 4.79 Å². The normalized spacial score (nSPS) is 11.2. The second-order valence-electron chi connectivity index (χ2n) is 9.61. The second-order valence-corrected chi connectivity index (χ2v) is 9.61. The summed E-state index contributed by atoms with van der Waals surface area (Å²) in [5.41, 5.74) is 0. The molecule has 0 N–H and O–H groups in total. The van der Waals surface area contributed by atoms with Crippen LogP contribution in [0, 0.1) is 0 Å². The highest BCUT2D eigenvalue weighted by molar-refractivity contribution is 5.63. The van der Waals surface area contributed by atoms with Crippen molar-refractivity contribution < 1.29 is 9.90 Å². The van der Waals surface area contributed by atoms with E-state index in [4.69, 9.17) is 0 Å². The number of carboxylic acid groups (broad SMARTS) is 1. The molecule has 0 rings (SSSR count). The van der Waals surface area contributed by atoms with Gasteiger partial charge in [-0.25, -0.2) is 0 Å². The summed E-state index contributed by atoms with van der Waals surface area (Å²) in [6.45, 7) is 2.29. The summed E-state index contributed by atoms with van der Waals surface area (Å²) in [6, 6.07) is 0. The predicted octanol–water partition coefficient (Wildman–Crippen LogP) is 8.90. The Balaban J connectivity index is 2.99. The van der Waals surface area contributed by atoms with Gasteiger partial charge < -0.3 is 9.90 Å². The maximum atomic E-state index is 10.3. The van der Waals surface area contributed by atoms with Crippen molar-refractivity contribution in [3.63, 3.8) is 0 Å². The number of carboxylic acids is 1. The molecule has 0 aromatic rings. The van der Waals surface area contributed by atoms with Crippen molar-refractivity contribution in [1.82, 2.24) is 0 Å². The average molecular weight is 424 g/mol. The third kappa shape index (κ3) is 27.5. The van der Waals surface area contributed by atoms with Gasteiger partial charge in [-0.05, 0) is 12.8 Å². The van der Waals surface area contributed by atoms with E-state index in [0.29, 0.717) is 0 Å². The number of rotatable bonds is 26. The zero-order chi connectivity index (χ0) is 22.0. The Bertz CT molecular complexity index is 327. The summed E-state index contributed by atoms with van der Waals surface area (Å²) >= 11 is 0. The van der Waals surface area contributed by atoms with Crippen molar-refractivity contribution in [2.24, 2.45) is 0 Å². The van der Waals surface area contributed by atoms with Gasteiger partial charge in [-0.15, -0.1) is 0 Å². The highest BCUT2D eigenvalue weighted by atomic mass is 16.4. The van der Waals surface area contributed by atoms with Gasteiger partial charge in [-0.3, -0.25) is 0 Å². The summed E-state index contributed by atoms with van der Waals surface area (Å²) in [6.07, 6.45) is 34.6. The fourth-order valence-corrected chi connectivity index (χ4v) is 4.41. The molecule has 0 aromatic carbocycles. The molecule has 0 fully saturated rings. The fourth-order valence-electron chi connectivity index (χ4n) is 4.41. The Kier molecular flexibility index (Phi) is 26.0. The average Bonchev–Trinajstić information content (AvgIpc) is 2.73. The first-order valence-corrected chi connectivity index (χ1v) is 14.0. The molecule has 0 saturated carbocycles. The molecule has 0 heterocycles. The van der Waals surface area contributed by atoms with Crippen LogP contribution in [0.5, 0.6) is 0 Å². The van der Waals surface area contributed by atoms with Crippen LogP contribution >= 0.6 is 0 Å². The van der Waals surface area contributed by atoms with E-state index in [1.165, 1.54) is 148 Å². The number of unbranched alkanes of at least 4 members (excludes halogenated alkanes) is 24. The van der Waals surface area contributed by atoms with E-state index in [-0.39, 0.29) is 6.42 Å². The molecule has 0 aliphatic rings. The summed E-state index contributed by atoms with van der Waals surface area (Å²) in [5.74, 6) is -0.899. The molecule has 30 heavy (non-hydrogen) atoms. The molecular weight excluding hydrogens is 368 g/mol. The molecule has 0 saturated heterocycles. The monoisotopic (exact) mass is 423 g/mol. The van der Waals surface area contributed by atoms with E-state index in [0.717, 1.165) is 12.8 Å². The molecule has 0 spiro atoms. The third-order valence-electron chi connectivity index (χ3n) is 6.48. The van der Waals surface area contributed by atoms with Crippen molar-refractivity contribution in [3.05, 3.63) is 0 Å². The Morgan fingerprint density at radius 3 is 0.800 bits per heavy atom. The minimum Gasteiger partial charge on any atom is -0.550 e. The summed E-state index contributed by atoms with van der Waals surface area (Å²) in [7, 11) is 0. The first-order chi connectivity index (χ1) is 14.8. The predicted molar refractivity (Wildman–Crippen MR) is 131 cm³/mol.